The van der Waals surface area contributed by atoms with Crippen molar-refractivity contribution in [3.63, 3.8) is 0 Å². The second-order valence-electron chi connectivity index (χ2n) is 7.80. The molecule has 8 heteroatoms. The molecule has 0 saturated carbocycles. The first-order chi connectivity index (χ1) is 13.6. The molecule has 2 amide bonds. The number of rotatable bonds is 4. The van der Waals surface area contributed by atoms with E-state index in [-0.39, 0.29) is 17.7 Å². The van der Waals surface area contributed by atoms with Crippen LogP contribution in [0.3, 0.4) is 0 Å². The Kier molecular flexibility index (Phi) is 5.75. The molecular weight excluding hydrogens is 376 g/mol. The zero-order valence-corrected chi connectivity index (χ0v) is 17.0. The first-order valence-corrected chi connectivity index (χ1v) is 10.9. The summed E-state index contributed by atoms with van der Waals surface area (Å²) in [5.41, 5.74) is 0.984. The Hall–Kier alpha value is -2.22. The molecule has 0 N–H and O–H groups in total. The fourth-order valence-corrected chi connectivity index (χ4v) is 4.86. The summed E-state index contributed by atoms with van der Waals surface area (Å²) in [4.78, 5) is 32.8. The lowest BCUT2D eigenvalue weighted by molar-refractivity contribution is -0.141. The lowest BCUT2D eigenvalue weighted by Crippen LogP contribution is -2.47. The van der Waals surface area contributed by atoms with Crippen LogP contribution >= 0.6 is 11.3 Å². The summed E-state index contributed by atoms with van der Waals surface area (Å²) in [6.45, 7) is 4.56. The molecule has 150 valence electrons. The lowest BCUT2D eigenvalue weighted by Gasteiger charge is -2.37. The second kappa shape index (κ2) is 8.43. The molecule has 28 heavy (non-hydrogen) atoms. The third-order valence-corrected chi connectivity index (χ3v) is 6.51. The van der Waals surface area contributed by atoms with E-state index in [0.29, 0.717) is 37.1 Å². The van der Waals surface area contributed by atoms with Crippen LogP contribution in [0.5, 0.6) is 0 Å². The van der Waals surface area contributed by atoms with Crippen molar-refractivity contribution in [1.29, 1.82) is 0 Å². The maximum absolute atomic E-state index is 13.0. The molecule has 0 bridgehead atoms. The number of hydrogen-bond acceptors (Lipinski definition) is 6. The number of amides is 2. The van der Waals surface area contributed by atoms with E-state index in [1.165, 1.54) is 0 Å². The average Bonchev–Trinajstić information content (AvgIpc) is 3.39. The summed E-state index contributed by atoms with van der Waals surface area (Å²) in [6.07, 6.45) is 4.33. The number of thiophene rings is 1. The standard InChI is InChI=1S/C20H26N4O3S/c1-14(25)23-8-4-16(5-9-23)20(26)24-7-2-3-15(12-24)11-18-21-19(22-27-18)17-6-10-28-13-17/h6,10,13,15-16H,2-5,7-9,11-12H2,1H3. The molecule has 4 heterocycles. The van der Waals surface area contributed by atoms with Crippen molar-refractivity contribution in [2.45, 2.75) is 39.0 Å². The Bertz CT molecular complexity index is 811. The average molecular weight is 403 g/mol. The van der Waals surface area contributed by atoms with Gasteiger partial charge in [-0.15, -0.1) is 0 Å². The van der Waals surface area contributed by atoms with E-state index in [9.17, 15) is 9.59 Å². The van der Waals surface area contributed by atoms with Crippen LogP contribution in [0.25, 0.3) is 11.4 Å². The van der Waals surface area contributed by atoms with Crippen LogP contribution in [0.2, 0.25) is 0 Å². The maximum atomic E-state index is 13.0. The van der Waals surface area contributed by atoms with E-state index < -0.39 is 0 Å². The van der Waals surface area contributed by atoms with Gasteiger partial charge in [0.15, 0.2) is 0 Å². The smallest absolute Gasteiger partial charge is 0.227 e. The third kappa shape index (κ3) is 4.27. The van der Waals surface area contributed by atoms with Gasteiger partial charge in [0.2, 0.25) is 23.5 Å². The van der Waals surface area contributed by atoms with E-state index in [1.807, 2.05) is 26.6 Å². The van der Waals surface area contributed by atoms with Crippen LogP contribution in [-0.2, 0) is 16.0 Å². The predicted molar refractivity (Wildman–Crippen MR) is 106 cm³/mol. The summed E-state index contributed by atoms with van der Waals surface area (Å²) in [5.74, 6) is 2.03. The van der Waals surface area contributed by atoms with Gasteiger partial charge in [0.05, 0.1) is 0 Å². The fourth-order valence-electron chi connectivity index (χ4n) is 4.23. The molecule has 2 aromatic rings. The summed E-state index contributed by atoms with van der Waals surface area (Å²) in [7, 11) is 0. The Morgan fingerprint density at radius 3 is 2.75 bits per heavy atom. The lowest BCUT2D eigenvalue weighted by atomic mass is 9.91. The molecule has 0 radical (unpaired) electrons. The molecule has 0 aliphatic carbocycles. The Morgan fingerprint density at radius 2 is 2.04 bits per heavy atom. The molecule has 2 aliphatic rings. The van der Waals surface area contributed by atoms with Crippen molar-refractivity contribution in [3.05, 3.63) is 22.7 Å². The van der Waals surface area contributed by atoms with E-state index in [4.69, 9.17) is 4.52 Å². The molecule has 2 aliphatic heterocycles. The van der Waals surface area contributed by atoms with Crippen molar-refractivity contribution in [1.82, 2.24) is 19.9 Å². The molecule has 2 saturated heterocycles. The highest BCUT2D eigenvalue weighted by atomic mass is 32.1. The quantitative estimate of drug-likeness (QED) is 0.786. The van der Waals surface area contributed by atoms with Gasteiger partial charge in [-0.05, 0) is 43.0 Å². The highest BCUT2D eigenvalue weighted by molar-refractivity contribution is 7.08. The van der Waals surface area contributed by atoms with Crippen LogP contribution in [0.4, 0.5) is 0 Å². The molecule has 0 spiro atoms. The number of likely N-dealkylation sites (tertiary alicyclic amines) is 2. The number of piperidine rings is 2. The largest absolute Gasteiger partial charge is 0.343 e. The van der Waals surface area contributed by atoms with Crippen LogP contribution in [0.15, 0.2) is 21.3 Å². The predicted octanol–water partition coefficient (Wildman–Crippen LogP) is 2.84. The molecular formula is C20H26N4O3S. The van der Waals surface area contributed by atoms with Gasteiger partial charge < -0.3 is 14.3 Å². The summed E-state index contributed by atoms with van der Waals surface area (Å²) >= 11 is 1.61. The fraction of sp³-hybridized carbons (Fsp3) is 0.600. The highest BCUT2D eigenvalue weighted by Gasteiger charge is 2.32. The van der Waals surface area contributed by atoms with Gasteiger partial charge in [0, 0.05) is 56.4 Å². The van der Waals surface area contributed by atoms with Crippen LogP contribution in [0, 0.1) is 11.8 Å². The van der Waals surface area contributed by atoms with Crippen molar-refractivity contribution in [2.24, 2.45) is 11.8 Å². The molecule has 1 unspecified atom stereocenters. The normalized spacial score (nSPS) is 21.1. The topological polar surface area (TPSA) is 79.5 Å². The zero-order valence-electron chi connectivity index (χ0n) is 16.2. The third-order valence-electron chi connectivity index (χ3n) is 5.83. The molecule has 2 aromatic heterocycles. The van der Waals surface area contributed by atoms with Crippen molar-refractivity contribution < 1.29 is 14.1 Å². The number of hydrogen-bond donors (Lipinski definition) is 0. The minimum atomic E-state index is 0.0444. The molecule has 0 aromatic carbocycles. The van der Waals surface area contributed by atoms with Crippen LogP contribution < -0.4 is 0 Å². The maximum Gasteiger partial charge on any atom is 0.227 e. The summed E-state index contributed by atoms with van der Waals surface area (Å²) < 4.78 is 5.44. The number of carbonyl (C=O) groups excluding carboxylic acids is 2. The first kappa shape index (κ1) is 19.1. The van der Waals surface area contributed by atoms with Gasteiger partial charge in [-0.1, -0.05) is 5.16 Å². The van der Waals surface area contributed by atoms with Crippen LogP contribution in [0.1, 0.15) is 38.5 Å². The molecule has 1 atom stereocenters. The minimum absolute atomic E-state index is 0.0444. The van der Waals surface area contributed by atoms with E-state index in [2.05, 4.69) is 10.1 Å². The van der Waals surface area contributed by atoms with Gasteiger partial charge in [-0.25, -0.2) is 0 Å². The number of carbonyl (C=O) groups is 2. The Morgan fingerprint density at radius 1 is 1.21 bits per heavy atom. The monoisotopic (exact) mass is 402 g/mol. The van der Waals surface area contributed by atoms with Gasteiger partial charge in [0.25, 0.3) is 0 Å². The molecule has 4 rings (SSSR count). The summed E-state index contributed by atoms with van der Waals surface area (Å²) in [5, 5.41) is 8.08. The Balaban J connectivity index is 1.32. The van der Waals surface area contributed by atoms with Crippen molar-refractivity contribution in [2.75, 3.05) is 26.2 Å². The SMILES string of the molecule is CC(=O)N1CCC(C(=O)N2CCCC(Cc3nc(-c4ccsc4)no3)C2)CC1. The summed E-state index contributed by atoms with van der Waals surface area (Å²) in [6, 6.07) is 1.98. The van der Waals surface area contributed by atoms with E-state index in [1.54, 1.807) is 18.3 Å². The van der Waals surface area contributed by atoms with Crippen LogP contribution in [-0.4, -0.2) is 57.9 Å². The van der Waals surface area contributed by atoms with Gasteiger partial charge in [0.1, 0.15) is 0 Å². The molecule has 7 nitrogen and oxygen atoms in total. The first-order valence-electron chi connectivity index (χ1n) is 9.99. The number of aromatic nitrogens is 2. The minimum Gasteiger partial charge on any atom is -0.343 e. The van der Waals surface area contributed by atoms with Crippen molar-refractivity contribution in [3.8, 4) is 11.4 Å². The van der Waals surface area contributed by atoms with Crippen molar-refractivity contribution >= 4 is 23.2 Å². The van der Waals surface area contributed by atoms with Gasteiger partial charge in [-0.3, -0.25) is 9.59 Å². The van der Waals surface area contributed by atoms with E-state index >= 15 is 0 Å². The molecule has 2 fully saturated rings. The van der Waals surface area contributed by atoms with Gasteiger partial charge in [-0.2, -0.15) is 16.3 Å². The number of nitrogens with zero attached hydrogens (tertiary/aromatic N) is 4. The second-order valence-corrected chi connectivity index (χ2v) is 8.58. The van der Waals surface area contributed by atoms with E-state index in [0.717, 1.165) is 44.3 Å². The highest BCUT2D eigenvalue weighted by Crippen LogP contribution is 2.26. The van der Waals surface area contributed by atoms with Gasteiger partial charge >= 0.3 is 0 Å². The zero-order chi connectivity index (χ0) is 19.5. The Labute approximate surface area is 168 Å².